The Kier molecular flexibility index (Phi) is 4.02. The van der Waals surface area contributed by atoms with E-state index in [-0.39, 0.29) is 12.5 Å². The first kappa shape index (κ1) is 12.7. The number of aliphatic carboxylic acids is 1. The molecule has 0 aromatic carbocycles. The minimum atomic E-state index is -0.743. The van der Waals surface area contributed by atoms with E-state index >= 15 is 0 Å². The minimum absolute atomic E-state index is 0.0726. The zero-order valence-electron chi connectivity index (χ0n) is 10.5. The van der Waals surface area contributed by atoms with E-state index in [0.717, 1.165) is 31.5 Å². The van der Waals surface area contributed by atoms with Crippen molar-refractivity contribution < 1.29 is 14.6 Å². The van der Waals surface area contributed by atoms with Gasteiger partial charge < -0.3 is 14.7 Å². The molecule has 2 heterocycles. The molecule has 1 aromatic heterocycles. The molecule has 0 aliphatic carbocycles. The van der Waals surface area contributed by atoms with Crippen molar-refractivity contribution >= 4 is 11.7 Å². The molecule has 18 heavy (non-hydrogen) atoms. The van der Waals surface area contributed by atoms with Crippen LogP contribution in [0.3, 0.4) is 0 Å². The number of hydrogen-bond acceptors (Lipinski definition) is 4. The highest BCUT2D eigenvalue weighted by molar-refractivity contribution is 5.68. The third-order valence-corrected chi connectivity index (χ3v) is 3.30. The van der Waals surface area contributed by atoms with Crippen molar-refractivity contribution in [2.24, 2.45) is 0 Å². The molecule has 0 spiro atoms. The van der Waals surface area contributed by atoms with Gasteiger partial charge in [-0.1, -0.05) is 0 Å². The first-order valence-corrected chi connectivity index (χ1v) is 6.19. The topological polar surface area (TPSA) is 62.7 Å². The van der Waals surface area contributed by atoms with Crippen LogP contribution in [0.2, 0.25) is 0 Å². The van der Waals surface area contributed by atoms with Crippen LogP contribution in [0.4, 0.5) is 5.69 Å². The van der Waals surface area contributed by atoms with Crippen molar-refractivity contribution in [1.82, 2.24) is 4.98 Å². The lowest BCUT2D eigenvalue weighted by molar-refractivity contribution is -0.137. The van der Waals surface area contributed by atoms with Crippen molar-refractivity contribution in [1.29, 1.82) is 0 Å². The van der Waals surface area contributed by atoms with Crippen molar-refractivity contribution in [2.45, 2.75) is 31.7 Å². The molecule has 1 saturated heterocycles. The van der Waals surface area contributed by atoms with Crippen LogP contribution in [0.25, 0.3) is 0 Å². The predicted octanol–water partition coefficient (Wildman–Crippen LogP) is 1.92. The van der Waals surface area contributed by atoms with Crippen LogP contribution in [-0.2, 0) is 4.79 Å². The zero-order chi connectivity index (χ0) is 13.0. The Bertz CT molecular complexity index is 422. The number of hydrogen-bond donors (Lipinski definition) is 1. The highest BCUT2D eigenvalue weighted by Crippen LogP contribution is 2.28. The molecular weight excluding hydrogens is 232 g/mol. The summed E-state index contributed by atoms with van der Waals surface area (Å²) in [4.78, 5) is 17.1. The second-order valence-electron chi connectivity index (χ2n) is 4.50. The summed E-state index contributed by atoms with van der Waals surface area (Å²) in [7, 11) is 1.58. The lowest BCUT2D eigenvalue weighted by atomic mass is 9.98. The number of rotatable bonds is 4. The van der Waals surface area contributed by atoms with Crippen LogP contribution in [0.15, 0.2) is 18.3 Å². The summed E-state index contributed by atoms with van der Waals surface area (Å²) in [5, 5.41) is 8.97. The number of aromatic nitrogens is 1. The van der Waals surface area contributed by atoms with Crippen LogP contribution in [-0.4, -0.2) is 35.8 Å². The summed E-state index contributed by atoms with van der Waals surface area (Å²) in [6, 6.07) is 3.84. The molecule has 0 radical (unpaired) electrons. The highest BCUT2D eigenvalue weighted by atomic mass is 16.5. The second kappa shape index (κ2) is 5.71. The largest absolute Gasteiger partial charge is 0.481 e. The molecule has 5 nitrogen and oxygen atoms in total. The molecule has 2 rings (SSSR count). The number of carboxylic acids is 1. The van der Waals surface area contributed by atoms with Gasteiger partial charge in [0, 0.05) is 30.5 Å². The monoisotopic (exact) mass is 250 g/mol. The Morgan fingerprint density at radius 3 is 3.17 bits per heavy atom. The Morgan fingerprint density at radius 1 is 1.61 bits per heavy atom. The first-order valence-electron chi connectivity index (χ1n) is 6.19. The summed E-state index contributed by atoms with van der Waals surface area (Å²) in [5.41, 5.74) is 0.993. The van der Waals surface area contributed by atoms with Gasteiger partial charge in [0.1, 0.15) is 0 Å². The number of carbonyl (C=O) groups is 1. The Labute approximate surface area is 106 Å². The van der Waals surface area contributed by atoms with E-state index < -0.39 is 5.97 Å². The number of pyridine rings is 1. The summed E-state index contributed by atoms with van der Waals surface area (Å²) in [5.74, 6) is -0.180. The second-order valence-corrected chi connectivity index (χ2v) is 4.50. The number of nitrogens with zero attached hydrogens (tertiary/aromatic N) is 2. The van der Waals surface area contributed by atoms with Gasteiger partial charge in [-0.15, -0.1) is 0 Å². The van der Waals surface area contributed by atoms with Crippen LogP contribution in [0.1, 0.15) is 25.7 Å². The number of methoxy groups -OCH3 is 1. The third kappa shape index (κ3) is 2.91. The van der Waals surface area contributed by atoms with Crippen molar-refractivity contribution in [2.75, 3.05) is 18.6 Å². The molecule has 1 aliphatic heterocycles. The maximum atomic E-state index is 10.9. The van der Waals surface area contributed by atoms with Gasteiger partial charge in [0.15, 0.2) is 0 Å². The van der Waals surface area contributed by atoms with E-state index in [1.807, 2.05) is 12.1 Å². The maximum Gasteiger partial charge on any atom is 0.305 e. The smallest absolute Gasteiger partial charge is 0.305 e. The molecule has 1 N–H and O–H groups in total. The van der Waals surface area contributed by atoms with E-state index in [2.05, 4.69) is 9.88 Å². The lowest BCUT2D eigenvalue weighted by Gasteiger charge is -2.36. The molecule has 0 bridgehead atoms. The molecular formula is C13H18N2O3. The van der Waals surface area contributed by atoms with Gasteiger partial charge >= 0.3 is 5.97 Å². The van der Waals surface area contributed by atoms with Gasteiger partial charge in [0.2, 0.25) is 5.88 Å². The summed E-state index contributed by atoms with van der Waals surface area (Å²) < 4.78 is 5.11. The SMILES string of the molecule is COc1cc(N2CCCCC2CC(=O)O)ccn1. The van der Waals surface area contributed by atoms with E-state index in [1.54, 1.807) is 13.3 Å². The number of piperidine rings is 1. The summed E-state index contributed by atoms with van der Waals surface area (Å²) in [6.45, 7) is 0.894. The quantitative estimate of drug-likeness (QED) is 0.884. The number of anilines is 1. The van der Waals surface area contributed by atoms with E-state index in [9.17, 15) is 4.79 Å². The molecule has 98 valence electrons. The number of ether oxygens (including phenoxy) is 1. The van der Waals surface area contributed by atoms with Gasteiger partial charge in [0.05, 0.1) is 13.5 Å². The van der Waals surface area contributed by atoms with E-state index in [1.165, 1.54) is 0 Å². The van der Waals surface area contributed by atoms with E-state index in [4.69, 9.17) is 9.84 Å². The van der Waals surface area contributed by atoms with Gasteiger partial charge in [-0.3, -0.25) is 4.79 Å². The van der Waals surface area contributed by atoms with E-state index in [0.29, 0.717) is 5.88 Å². The zero-order valence-corrected chi connectivity index (χ0v) is 10.5. The Balaban J connectivity index is 2.19. The summed E-state index contributed by atoms with van der Waals surface area (Å²) >= 11 is 0. The fraction of sp³-hybridized carbons (Fsp3) is 0.538. The molecule has 1 fully saturated rings. The normalized spacial score (nSPS) is 19.6. The average Bonchev–Trinajstić information content (AvgIpc) is 2.39. The fourth-order valence-electron chi connectivity index (χ4n) is 2.44. The molecule has 1 unspecified atom stereocenters. The maximum absolute atomic E-state index is 10.9. The summed E-state index contributed by atoms with van der Waals surface area (Å²) in [6.07, 6.45) is 5.00. The van der Waals surface area contributed by atoms with Gasteiger partial charge in [-0.25, -0.2) is 4.98 Å². The number of carboxylic acid groups (broad SMARTS) is 1. The van der Waals surface area contributed by atoms with Crippen LogP contribution >= 0.6 is 0 Å². The van der Waals surface area contributed by atoms with Gasteiger partial charge in [-0.05, 0) is 25.3 Å². The highest BCUT2D eigenvalue weighted by Gasteiger charge is 2.25. The molecule has 0 saturated carbocycles. The molecule has 1 aromatic rings. The Hall–Kier alpha value is -1.78. The average molecular weight is 250 g/mol. The van der Waals surface area contributed by atoms with Gasteiger partial charge in [-0.2, -0.15) is 0 Å². The minimum Gasteiger partial charge on any atom is -0.481 e. The molecule has 5 heteroatoms. The van der Waals surface area contributed by atoms with Crippen molar-refractivity contribution in [3.05, 3.63) is 18.3 Å². The van der Waals surface area contributed by atoms with Crippen molar-refractivity contribution in [3.63, 3.8) is 0 Å². The molecule has 0 amide bonds. The fourth-order valence-corrected chi connectivity index (χ4v) is 2.44. The van der Waals surface area contributed by atoms with Crippen LogP contribution < -0.4 is 9.64 Å². The lowest BCUT2D eigenvalue weighted by Crippen LogP contribution is -2.40. The van der Waals surface area contributed by atoms with Crippen LogP contribution in [0.5, 0.6) is 5.88 Å². The van der Waals surface area contributed by atoms with Gasteiger partial charge in [0.25, 0.3) is 0 Å². The Morgan fingerprint density at radius 2 is 2.44 bits per heavy atom. The molecule has 1 atom stereocenters. The van der Waals surface area contributed by atoms with Crippen molar-refractivity contribution in [3.8, 4) is 5.88 Å². The standard InChI is InChI=1S/C13H18N2O3/c1-18-12-8-11(5-6-14-12)15-7-3-2-4-10(15)9-13(16)17/h5-6,8,10H,2-4,7,9H2,1H3,(H,16,17). The first-order chi connectivity index (χ1) is 8.70. The third-order valence-electron chi connectivity index (χ3n) is 3.30. The predicted molar refractivity (Wildman–Crippen MR) is 68.0 cm³/mol. The molecule has 1 aliphatic rings. The van der Waals surface area contributed by atoms with Crippen LogP contribution in [0, 0.1) is 0 Å².